The summed E-state index contributed by atoms with van der Waals surface area (Å²) in [4.78, 5) is 53.9. The third-order valence-electron chi connectivity index (χ3n) is 6.99. The van der Waals surface area contributed by atoms with Crippen LogP contribution in [0.2, 0.25) is 0 Å². The summed E-state index contributed by atoms with van der Waals surface area (Å²) in [6.45, 7) is 11.1. The topological polar surface area (TPSA) is 123 Å². The van der Waals surface area contributed by atoms with Crippen LogP contribution in [0.25, 0.3) is 0 Å². The average molecular weight is 536 g/mol. The van der Waals surface area contributed by atoms with Crippen LogP contribution in [0, 0.1) is 17.2 Å². The van der Waals surface area contributed by atoms with Crippen LogP contribution in [-0.4, -0.2) is 72.8 Å². The molecule has 10 nitrogen and oxygen atoms in total. The van der Waals surface area contributed by atoms with Gasteiger partial charge in [-0.25, -0.2) is 4.39 Å². The number of likely N-dealkylation sites (tertiary alicyclic amines) is 1. The number of hydrogen-bond acceptors (Lipinski definition) is 7. The third-order valence-corrected chi connectivity index (χ3v) is 6.99. The molecule has 0 saturated carbocycles. The second-order valence-electron chi connectivity index (χ2n) is 11.0. The van der Waals surface area contributed by atoms with E-state index in [1.165, 1.54) is 30.2 Å². The Bertz CT molecular complexity index is 1070. The van der Waals surface area contributed by atoms with E-state index in [-0.39, 0.29) is 29.7 Å². The van der Waals surface area contributed by atoms with Crippen LogP contribution in [0.1, 0.15) is 64.7 Å². The van der Waals surface area contributed by atoms with Crippen LogP contribution in [0.3, 0.4) is 0 Å². The number of methoxy groups -OCH3 is 1. The van der Waals surface area contributed by atoms with Gasteiger partial charge in [0.25, 0.3) is 5.91 Å². The molecule has 0 aromatic heterocycles. The van der Waals surface area contributed by atoms with Crippen LogP contribution in [0.15, 0.2) is 18.2 Å². The third kappa shape index (κ3) is 6.09. The molecule has 0 radical (unpaired) electrons. The Kier molecular flexibility index (Phi) is 9.01. The van der Waals surface area contributed by atoms with Gasteiger partial charge in [-0.1, -0.05) is 33.8 Å². The molecule has 0 aliphatic carbocycles. The largest absolute Gasteiger partial charge is 0.494 e. The first-order chi connectivity index (χ1) is 17.8. The van der Waals surface area contributed by atoms with Crippen molar-refractivity contribution in [2.24, 2.45) is 11.3 Å². The molecule has 2 N–H and O–H groups in total. The molecule has 3 rings (SSSR count). The minimum absolute atomic E-state index is 0.0339. The Morgan fingerprint density at radius 3 is 2.53 bits per heavy atom. The quantitative estimate of drug-likeness (QED) is 0.490. The molecule has 11 heteroatoms. The predicted octanol–water partition coefficient (Wildman–Crippen LogP) is 2.40. The van der Waals surface area contributed by atoms with Gasteiger partial charge in [0.05, 0.1) is 19.1 Å². The van der Waals surface area contributed by atoms with E-state index in [4.69, 9.17) is 14.2 Å². The van der Waals surface area contributed by atoms with Gasteiger partial charge >= 0.3 is 5.97 Å². The summed E-state index contributed by atoms with van der Waals surface area (Å²) < 4.78 is 30.3. The van der Waals surface area contributed by atoms with Gasteiger partial charge < -0.3 is 29.7 Å². The van der Waals surface area contributed by atoms with Gasteiger partial charge in [-0.15, -0.1) is 0 Å². The summed E-state index contributed by atoms with van der Waals surface area (Å²) in [6, 6.07) is 1.32. The van der Waals surface area contributed by atoms with E-state index in [2.05, 4.69) is 10.6 Å². The number of carbonyl (C=O) groups excluding carboxylic acids is 4. The highest BCUT2D eigenvalue weighted by atomic mass is 19.1. The minimum atomic E-state index is -1.06. The normalized spacial score (nSPS) is 26.1. The number of hydrogen-bond donors (Lipinski definition) is 2. The molecule has 1 aromatic carbocycles. The van der Waals surface area contributed by atoms with E-state index in [0.717, 1.165) is 0 Å². The van der Waals surface area contributed by atoms with Crippen molar-refractivity contribution in [2.45, 2.75) is 84.8 Å². The van der Waals surface area contributed by atoms with Crippen LogP contribution >= 0.6 is 0 Å². The maximum atomic E-state index is 14.8. The van der Waals surface area contributed by atoms with Gasteiger partial charge in [0, 0.05) is 12.6 Å². The fourth-order valence-electron chi connectivity index (χ4n) is 5.16. The second-order valence-corrected chi connectivity index (χ2v) is 11.0. The Morgan fingerprint density at radius 2 is 1.92 bits per heavy atom. The monoisotopic (exact) mass is 535 g/mol. The Balaban J connectivity index is 1.85. The number of carbonyl (C=O) groups is 4. The number of ether oxygens (including phenoxy) is 3. The Hall–Kier alpha value is -3.21. The smallest absolute Gasteiger partial charge is 0.310 e. The molecule has 210 valence electrons. The van der Waals surface area contributed by atoms with Crippen molar-refractivity contribution in [2.75, 3.05) is 13.7 Å². The Morgan fingerprint density at radius 1 is 1.24 bits per heavy atom. The number of halogens is 1. The van der Waals surface area contributed by atoms with Crippen molar-refractivity contribution in [1.29, 1.82) is 0 Å². The summed E-state index contributed by atoms with van der Waals surface area (Å²) >= 11 is 0. The first-order valence-electron chi connectivity index (χ1n) is 12.9. The Labute approximate surface area is 222 Å². The lowest BCUT2D eigenvalue weighted by Crippen LogP contribution is -2.60. The van der Waals surface area contributed by atoms with Gasteiger partial charge in [-0.05, 0) is 43.7 Å². The van der Waals surface area contributed by atoms with Crippen LogP contribution in [-0.2, 0) is 23.9 Å². The lowest BCUT2D eigenvalue weighted by molar-refractivity contribution is -0.164. The van der Waals surface area contributed by atoms with Crippen molar-refractivity contribution >= 4 is 23.7 Å². The molecule has 2 aliphatic heterocycles. The lowest BCUT2D eigenvalue weighted by Gasteiger charge is -2.38. The van der Waals surface area contributed by atoms with Crippen LogP contribution in [0.4, 0.5) is 4.39 Å². The van der Waals surface area contributed by atoms with E-state index < -0.39 is 59.3 Å². The van der Waals surface area contributed by atoms with Crippen molar-refractivity contribution < 1.29 is 37.8 Å². The first-order valence-corrected chi connectivity index (χ1v) is 12.9. The number of cyclic esters (lactones) is 1. The van der Waals surface area contributed by atoms with Crippen molar-refractivity contribution in [3.05, 3.63) is 29.6 Å². The summed E-state index contributed by atoms with van der Waals surface area (Å²) in [5, 5.41) is 5.53. The van der Waals surface area contributed by atoms with Gasteiger partial charge in [0.15, 0.2) is 11.6 Å². The zero-order valence-corrected chi connectivity index (χ0v) is 23.0. The molecule has 3 amide bonds. The number of benzene rings is 1. The molecule has 2 saturated heterocycles. The second kappa shape index (κ2) is 11.7. The predicted molar refractivity (Wildman–Crippen MR) is 136 cm³/mol. The van der Waals surface area contributed by atoms with Gasteiger partial charge in [-0.2, -0.15) is 0 Å². The number of rotatable bonds is 8. The molecule has 5 unspecified atom stereocenters. The van der Waals surface area contributed by atoms with E-state index in [0.29, 0.717) is 13.0 Å². The number of nitrogens with zero attached hydrogens (tertiary/aromatic N) is 1. The van der Waals surface area contributed by atoms with E-state index in [1.54, 1.807) is 27.7 Å². The summed E-state index contributed by atoms with van der Waals surface area (Å²) in [5.74, 6) is -3.23. The molecular formula is C27H38FN3O7. The van der Waals surface area contributed by atoms with Gasteiger partial charge in [0.1, 0.15) is 18.1 Å². The number of amides is 3. The first kappa shape index (κ1) is 29.3. The highest BCUT2D eigenvalue weighted by molar-refractivity contribution is 5.99. The molecule has 0 spiro atoms. The standard InChI is InChI=1S/C27H38FN3O7/c1-8-37-26-17(13-19(32)38-26)29-24(34)21-14(2)12-15(3)31(21)25(35)22(27(4,5)6)30-23(33)16-10-9-11-18(36-7)20(16)28/h9-11,14-15,17,21-22,26H,8,12-13H2,1-7H3,(H,29,34)(H,30,33)/t14?,15?,17?,21?,22?,26-/m1/s1. The van der Waals surface area contributed by atoms with E-state index in [1.807, 2.05) is 13.8 Å². The van der Waals surface area contributed by atoms with Gasteiger partial charge in [-0.3, -0.25) is 19.2 Å². The maximum absolute atomic E-state index is 14.8. The fraction of sp³-hybridized carbons (Fsp3) is 0.630. The molecule has 6 atom stereocenters. The SMILES string of the molecule is CCO[C@@H]1OC(=O)CC1NC(=O)C1C(C)CC(C)N1C(=O)C(NC(=O)c1cccc(OC)c1F)C(C)(C)C. The number of nitrogens with one attached hydrogen (secondary N) is 2. The lowest BCUT2D eigenvalue weighted by atomic mass is 9.85. The molecule has 2 heterocycles. The van der Waals surface area contributed by atoms with E-state index >= 15 is 0 Å². The summed E-state index contributed by atoms with van der Waals surface area (Å²) in [6.07, 6.45) is -0.365. The maximum Gasteiger partial charge on any atom is 0.310 e. The molecule has 38 heavy (non-hydrogen) atoms. The van der Waals surface area contributed by atoms with Gasteiger partial charge in [0.2, 0.25) is 18.1 Å². The zero-order valence-electron chi connectivity index (χ0n) is 23.0. The van der Waals surface area contributed by atoms with Crippen molar-refractivity contribution in [1.82, 2.24) is 15.5 Å². The zero-order chi connectivity index (χ0) is 28.4. The fourth-order valence-corrected chi connectivity index (χ4v) is 5.16. The molecule has 1 aromatic rings. The highest BCUT2D eigenvalue weighted by Gasteiger charge is 2.49. The molecular weight excluding hydrogens is 497 g/mol. The van der Waals surface area contributed by atoms with Crippen molar-refractivity contribution in [3.8, 4) is 5.75 Å². The van der Waals surface area contributed by atoms with E-state index in [9.17, 15) is 23.6 Å². The molecule has 2 aliphatic rings. The van der Waals surface area contributed by atoms with Crippen LogP contribution in [0.5, 0.6) is 5.75 Å². The molecule has 0 bridgehead atoms. The molecule has 2 fully saturated rings. The van der Waals surface area contributed by atoms with Crippen molar-refractivity contribution in [3.63, 3.8) is 0 Å². The highest BCUT2D eigenvalue weighted by Crippen LogP contribution is 2.34. The minimum Gasteiger partial charge on any atom is -0.494 e. The van der Waals surface area contributed by atoms with Crippen LogP contribution < -0.4 is 15.4 Å². The number of esters is 1. The average Bonchev–Trinajstić information content (AvgIpc) is 3.33. The summed E-state index contributed by atoms with van der Waals surface area (Å²) in [7, 11) is 1.30. The summed E-state index contributed by atoms with van der Waals surface area (Å²) in [5.41, 5.74) is -1.02.